The van der Waals surface area contributed by atoms with Gasteiger partial charge in [-0.25, -0.2) is 0 Å². The van der Waals surface area contributed by atoms with E-state index in [9.17, 15) is 4.79 Å². The maximum Gasteiger partial charge on any atom is 0.270 e. The molecule has 28 heavy (non-hydrogen) atoms. The zero-order valence-electron chi connectivity index (χ0n) is 15.8. The summed E-state index contributed by atoms with van der Waals surface area (Å²) >= 11 is 12.6. The summed E-state index contributed by atoms with van der Waals surface area (Å²) in [6, 6.07) is 12.6. The Morgan fingerprint density at radius 2 is 1.89 bits per heavy atom. The molecule has 7 heteroatoms. The average Bonchev–Trinajstić information content (AvgIpc) is 2.94. The lowest BCUT2D eigenvalue weighted by molar-refractivity contribution is -0.113. The van der Waals surface area contributed by atoms with E-state index in [0.29, 0.717) is 44.0 Å². The maximum atomic E-state index is 12.9. The highest BCUT2D eigenvalue weighted by Crippen LogP contribution is 2.37. The summed E-state index contributed by atoms with van der Waals surface area (Å²) in [5.41, 5.74) is 1.54. The van der Waals surface area contributed by atoms with Gasteiger partial charge in [0.2, 0.25) is 0 Å². The van der Waals surface area contributed by atoms with Crippen LogP contribution >= 0.6 is 35.6 Å². The number of hydrogen-bond donors (Lipinski definition) is 0. The van der Waals surface area contributed by atoms with Crippen molar-refractivity contribution in [2.24, 2.45) is 5.92 Å². The van der Waals surface area contributed by atoms with Gasteiger partial charge in [0.15, 0.2) is 15.8 Å². The Balaban J connectivity index is 1.84. The lowest BCUT2D eigenvalue weighted by Gasteiger charge is -2.14. The van der Waals surface area contributed by atoms with Crippen molar-refractivity contribution in [2.45, 2.75) is 13.8 Å². The van der Waals surface area contributed by atoms with Gasteiger partial charge >= 0.3 is 0 Å². The second kappa shape index (κ2) is 8.99. The Morgan fingerprint density at radius 3 is 2.54 bits per heavy atom. The van der Waals surface area contributed by atoms with Crippen LogP contribution in [0.2, 0.25) is 5.02 Å². The fourth-order valence-electron chi connectivity index (χ4n) is 2.58. The number of hydrogen-bond acceptors (Lipinski definition) is 5. The lowest BCUT2D eigenvalue weighted by Crippen LogP contribution is -2.27. The molecule has 1 heterocycles. The summed E-state index contributed by atoms with van der Waals surface area (Å²) in [6.07, 6.45) is 1.81. The van der Waals surface area contributed by atoms with Crippen molar-refractivity contribution in [1.29, 1.82) is 0 Å². The summed E-state index contributed by atoms with van der Waals surface area (Å²) in [5, 5.41) is 0.608. The first-order valence-electron chi connectivity index (χ1n) is 8.73. The number of carbonyl (C=O) groups excluding carboxylic acids is 1. The number of halogens is 1. The highest BCUT2D eigenvalue weighted by atomic mass is 35.5. The maximum absolute atomic E-state index is 12.9. The third-order valence-electron chi connectivity index (χ3n) is 3.94. The molecule has 0 spiro atoms. The van der Waals surface area contributed by atoms with Crippen molar-refractivity contribution in [3.63, 3.8) is 0 Å². The van der Waals surface area contributed by atoms with Crippen molar-refractivity contribution < 1.29 is 14.3 Å². The molecule has 0 aliphatic carbocycles. The molecule has 1 aliphatic rings. The predicted molar refractivity (Wildman–Crippen MR) is 120 cm³/mol. The van der Waals surface area contributed by atoms with Gasteiger partial charge in [-0.2, -0.15) is 0 Å². The summed E-state index contributed by atoms with van der Waals surface area (Å²) < 4.78 is 11.7. The molecule has 1 amide bonds. The minimum Gasteiger partial charge on any atom is -0.493 e. The standard InChI is InChI=1S/C21H20ClNO3S2/c1-13(2)12-26-17-9-4-14(10-18(17)25-3)11-19-20(24)23(21(27)28-19)16-7-5-15(22)6-8-16/h4-11,13H,12H2,1-3H3/b19-11+. The first kappa shape index (κ1) is 20.7. The van der Waals surface area contributed by atoms with Crippen LogP contribution < -0.4 is 14.4 Å². The number of anilines is 1. The van der Waals surface area contributed by atoms with Crippen LogP contribution in [0.3, 0.4) is 0 Å². The van der Waals surface area contributed by atoms with Gasteiger partial charge in [0, 0.05) is 5.02 Å². The molecule has 2 aromatic carbocycles. The minimum absolute atomic E-state index is 0.156. The van der Waals surface area contributed by atoms with Crippen LogP contribution in [-0.2, 0) is 4.79 Å². The topological polar surface area (TPSA) is 38.8 Å². The number of rotatable bonds is 6. The van der Waals surface area contributed by atoms with Crippen molar-refractivity contribution >= 4 is 57.6 Å². The Hall–Kier alpha value is -2.02. The van der Waals surface area contributed by atoms with Gasteiger partial charge in [0.05, 0.1) is 24.3 Å². The van der Waals surface area contributed by atoms with E-state index >= 15 is 0 Å². The van der Waals surface area contributed by atoms with Gasteiger partial charge in [-0.05, 0) is 54.0 Å². The average molecular weight is 434 g/mol. The van der Waals surface area contributed by atoms with E-state index in [0.717, 1.165) is 5.56 Å². The molecule has 0 atom stereocenters. The number of methoxy groups -OCH3 is 1. The van der Waals surface area contributed by atoms with Crippen LogP contribution in [0.25, 0.3) is 6.08 Å². The molecule has 2 aromatic rings. The van der Waals surface area contributed by atoms with E-state index in [1.807, 2.05) is 24.3 Å². The molecular weight excluding hydrogens is 414 g/mol. The second-order valence-corrected chi connectivity index (χ2v) is 8.72. The number of ether oxygens (including phenoxy) is 2. The first-order valence-corrected chi connectivity index (χ1v) is 10.3. The van der Waals surface area contributed by atoms with Crippen LogP contribution in [0.15, 0.2) is 47.4 Å². The highest BCUT2D eigenvalue weighted by Gasteiger charge is 2.33. The number of thioether (sulfide) groups is 1. The molecule has 0 radical (unpaired) electrons. The fourth-order valence-corrected chi connectivity index (χ4v) is 4.01. The second-order valence-electron chi connectivity index (χ2n) is 6.61. The molecule has 3 rings (SSSR count). The zero-order chi connectivity index (χ0) is 20.3. The van der Waals surface area contributed by atoms with Crippen molar-refractivity contribution in [3.05, 3.63) is 58.0 Å². The van der Waals surface area contributed by atoms with Gasteiger partial charge in [-0.3, -0.25) is 9.69 Å². The van der Waals surface area contributed by atoms with Crippen molar-refractivity contribution in [2.75, 3.05) is 18.6 Å². The molecular formula is C21H20ClNO3S2. The van der Waals surface area contributed by atoms with Crippen LogP contribution in [0.1, 0.15) is 19.4 Å². The summed E-state index contributed by atoms with van der Waals surface area (Å²) in [4.78, 5) is 14.9. The fraction of sp³-hybridized carbons (Fsp3) is 0.238. The third-order valence-corrected chi connectivity index (χ3v) is 5.49. The number of benzene rings is 2. The molecule has 146 valence electrons. The summed E-state index contributed by atoms with van der Waals surface area (Å²) in [6.45, 7) is 4.78. The molecule has 0 N–H and O–H groups in total. The van der Waals surface area contributed by atoms with Crippen LogP contribution in [0.4, 0.5) is 5.69 Å². The molecule has 0 unspecified atom stereocenters. The van der Waals surface area contributed by atoms with Crippen molar-refractivity contribution in [1.82, 2.24) is 0 Å². The zero-order valence-corrected chi connectivity index (χ0v) is 18.2. The van der Waals surface area contributed by atoms with Gasteiger partial charge in [0.25, 0.3) is 5.91 Å². The van der Waals surface area contributed by atoms with Crippen LogP contribution in [-0.4, -0.2) is 23.9 Å². The van der Waals surface area contributed by atoms with Crippen LogP contribution in [0, 0.1) is 5.92 Å². The predicted octanol–water partition coefficient (Wildman–Crippen LogP) is 5.79. The molecule has 0 aromatic heterocycles. The molecule has 1 saturated heterocycles. The van der Waals surface area contributed by atoms with E-state index in [1.54, 1.807) is 31.4 Å². The summed E-state index contributed by atoms with van der Waals surface area (Å²) in [7, 11) is 1.60. The number of nitrogens with zero attached hydrogens (tertiary/aromatic N) is 1. The quantitative estimate of drug-likeness (QED) is 0.426. The molecule has 1 fully saturated rings. The lowest BCUT2D eigenvalue weighted by atomic mass is 10.1. The van der Waals surface area contributed by atoms with Gasteiger partial charge < -0.3 is 9.47 Å². The third kappa shape index (κ3) is 4.69. The number of carbonyl (C=O) groups is 1. The Kier molecular flexibility index (Phi) is 6.65. The monoisotopic (exact) mass is 433 g/mol. The number of amides is 1. The molecule has 1 aliphatic heterocycles. The SMILES string of the molecule is COc1cc(/C=C2/SC(=S)N(c3ccc(Cl)cc3)C2=O)ccc1OCC(C)C. The molecule has 4 nitrogen and oxygen atoms in total. The largest absolute Gasteiger partial charge is 0.493 e. The van der Waals surface area contributed by atoms with Crippen LogP contribution in [0.5, 0.6) is 11.5 Å². The first-order chi connectivity index (χ1) is 13.4. The van der Waals surface area contributed by atoms with Gasteiger partial charge in [-0.15, -0.1) is 0 Å². The van der Waals surface area contributed by atoms with Gasteiger partial charge in [0.1, 0.15) is 0 Å². The van der Waals surface area contributed by atoms with Crippen molar-refractivity contribution in [3.8, 4) is 11.5 Å². The smallest absolute Gasteiger partial charge is 0.270 e. The van der Waals surface area contributed by atoms with E-state index < -0.39 is 0 Å². The Bertz CT molecular complexity index is 926. The van der Waals surface area contributed by atoms with Gasteiger partial charge in [-0.1, -0.05) is 55.5 Å². The molecule has 0 saturated carbocycles. The molecule has 0 bridgehead atoms. The Morgan fingerprint density at radius 1 is 1.18 bits per heavy atom. The minimum atomic E-state index is -0.156. The number of thiocarbonyl (C=S) groups is 1. The summed E-state index contributed by atoms with van der Waals surface area (Å²) in [5.74, 6) is 1.57. The normalized spacial score (nSPS) is 15.6. The van der Waals surface area contributed by atoms with E-state index in [2.05, 4.69) is 13.8 Å². The Labute approximate surface area is 179 Å². The highest BCUT2D eigenvalue weighted by molar-refractivity contribution is 8.27. The van der Waals surface area contributed by atoms with E-state index in [1.165, 1.54) is 16.7 Å². The van der Waals surface area contributed by atoms with E-state index in [4.69, 9.17) is 33.3 Å². The van der Waals surface area contributed by atoms with E-state index in [-0.39, 0.29) is 5.91 Å².